The van der Waals surface area contributed by atoms with E-state index in [4.69, 9.17) is 0 Å². The molecule has 1 N–H and O–H groups in total. The highest BCUT2D eigenvalue weighted by atomic mass is 14.9. The van der Waals surface area contributed by atoms with Gasteiger partial charge in [-0.1, -0.05) is 12.6 Å². The van der Waals surface area contributed by atoms with Crippen molar-refractivity contribution < 1.29 is 0 Å². The van der Waals surface area contributed by atoms with Gasteiger partial charge in [-0.2, -0.15) is 0 Å². The van der Waals surface area contributed by atoms with Gasteiger partial charge < -0.3 is 5.32 Å². The molecule has 12 heavy (non-hydrogen) atoms. The predicted molar refractivity (Wildman–Crippen MR) is 51.8 cm³/mol. The van der Waals surface area contributed by atoms with Crippen LogP contribution in [0, 0.1) is 0 Å². The molecule has 1 aromatic rings. The third-order valence-electron chi connectivity index (χ3n) is 1.88. The van der Waals surface area contributed by atoms with Crippen molar-refractivity contribution >= 4 is 6.08 Å². The number of hydrogen-bond donors (Lipinski definition) is 1. The van der Waals surface area contributed by atoms with Gasteiger partial charge in [0.1, 0.15) is 0 Å². The van der Waals surface area contributed by atoms with Crippen LogP contribution < -0.4 is 5.32 Å². The summed E-state index contributed by atoms with van der Waals surface area (Å²) in [5.41, 5.74) is 1.98. The first kappa shape index (κ1) is 8.94. The van der Waals surface area contributed by atoms with Crippen molar-refractivity contribution in [3.05, 3.63) is 36.2 Å². The fourth-order valence-electron chi connectivity index (χ4n) is 0.972. The Kier molecular flexibility index (Phi) is 3.00. The Hall–Kier alpha value is -1.15. The average molecular weight is 162 g/mol. The normalized spacial score (nSPS) is 12.5. The van der Waals surface area contributed by atoms with E-state index in [1.165, 1.54) is 0 Å². The first-order chi connectivity index (χ1) is 5.77. The lowest BCUT2D eigenvalue weighted by Gasteiger charge is -2.09. The molecule has 2 heteroatoms. The highest BCUT2D eigenvalue weighted by Gasteiger charge is 2.02. The van der Waals surface area contributed by atoms with E-state index in [0.29, 0.717) is 6.04 Å². The fraction of sp³-hybridized carbons (Fsp3) is 0.300. The van der Waals surface area contributed by atoms with E-state index in [-0.39, 0.29) is 0 Å². The van der Waals surface area contributed by atoms with Gasteiger partial charge in [0.15, 0.2) is 0 Å². The maximum Gasteiger partial charge on any atom is 0.0627 e. The summed E-state index contributed by atoms with van der Waals surface area (Å²) >= 11 is 0. The molecule has 0 amide bonds. The zero-order valence-electron chi connectivity index (χ0n) is 7.54. The highest BCUT2D eigenvalue weighted by Crippen LogP contribution is 2.09. The SMILES string of the molecule is C=Cc1cccc(C(C)NC)n1. The van der Waals surface area contributed by atoms with E-state index in [1.807, 2.05) is 25.2 Å². The molecule has 1 atom stereocenters. The molecule has 0 spiro atoms. The summed E-state index contributed by atoms with van der Waals surface area (Å²) in [6, 6.07) is 6.24. The second kappa shape index (κ2) is 4.02. The molecule has 2 nitrogen and oxygen atoms in total. The van der Waals surface area contributed by atoms with Crippen molar-refractivity contribution in [3.63, 3.8) is 0 Å². The third-order valence-corrected chi connectivity index (χ3v) is 1.88. The molecule has 0 aromatic carbocycles. The number of aromatic nitrogens is 1. The summed E-state index contributed by atoms with van der Waals surface area (Å²) in [7, 11) is 1.92. The fourth-order valence-corrected chi connectivity index (χ4v) is 0.972. The molecule has 0 radical (unpaired) electrons. The van der Waals surface area contributed by atoms with Gasteiger partial charge in [-0.05, 0) is 32.2 Å². The summed E-state index contributed by atoms with van der Waals surface area (Å²) in [5.74, 6) is 0. The van der Waals surface area contributed by atoms with Gasteiger partial charge in [-0.15, -0.1) is 0 Å². The minimum Gasteiger partial charge on any atom is -0.312 e. The predicted octanol–water partition coefficient (Wildman–Crippen LogP) is 2.00. The number of nitrogens with zero attached hydrogens (tertiary/aromatic N) is 1. The monoisotopic (exact) mass is 162 g/mol. The summed E-state index contributed by atoms with van der Waals surface area (Å²) in [4.78, 5) is 4.38. The summed E-state index contributed by atoms with van der Waals surface area (Å²) in [5, 5.41) is 3.14. The summed E-state index contributed by atoms with van der Waals surface area (Å²) in [6.07, 6.45) is 1.76. The van der Waals surface area contributed by atoms with Crippen LogP contribution >= 0.6 is 0 Å². The maximum atomic E-state index is 4.38. The summed E-state index contributed by atoms with van der Waals surface area (Å²) in [6.45, 7) is 5.75. The topological polar surface area (TPSA) is 24.9 Å². The third kappa shape index (κ3) is 1.92. The lowest BCUT2D eigenvalue weighted by atomic mass is 10.2. The lowest BCUT2D eigenvalue weighted by Crippen LogP contribution is -2.13. The Labute approximate surface area is 73.3 Å². The van der Waals surface area contributed by atoms with Crippen LogP contribution in [-0.2, 0) is 0 Å². The van der Waals surface area contributed by atoms with Crippen LogP contribution in [0.3, 0.4) is 0 Å². The van der Waals surface area contributed by atoms with Crippen LogP contribution in [0.4, 0.5) is 0 Å². The van der Waals surface area contributed by atoms with Gasteiger partial charge in [0.2, 0.25) is 0 Å². The van der Waals surface area contributed by atoms with E-state index in [9.17, 15) is 0 Å². The van der Waals surface area contributed by atoms with Crippen LogP contribution in [0.5, 0.6) is 0 Å². The maximum absolute atomic E-state index is 4.38. The van der Waals surface area contributed by atoms with Gasteiger partial charge in [0.05, 0.1) is 11.4 Å². The van der Waals surface area contributed by atoms with Crippen molar-refractivity contribution in [1.29, 1.82) is 0 Å². The van der Waals surface area contributed by atoms with Gasteiger partial charge in [0.25, 0.3) is 0 Å². The van der Waals surface area contributed by atoms with Gasteiger partial charge in [-0.25, -0.2) is 0 Å². The molecule has 0 aliphatic heterocycles. The van der Waals surface area contributed by atoms with Crippen molar-refractivity contribution in [3.8, 4) is 0 Å². The molecule has 0 aliphatic rings. The molecule has 64 valence electrons. The van der Waals surface area contributed by atoms with E-state index in [2.05, 4.69) is 23.8 Å². The van der Waals surface area contributed by atoms with Crippen LogP contribution in [0.1, 0.15) is 24.4 Å². The van der Waals surface area contributed by atoms with Crippen molar-refractivity contribution in [2.75, 3.05) is 7.05 Å². The first-order valence-corrected chi connectivity index (χ1v) is 4.04. The minimum absolute atomic E-state index is 0.296. The van der Waals surface area contributed by atoms with E-state index < -0.39 is 0 Å². The Morgan fingerprint density at radius 1 is 1.58 bits per heavy atom. The van der Waals surface area contributed by atoms with E-state index in [0.717, 1.165) is 11.4 Å². The van der Waals surface area contributed by atoms with Crippen LogP contribution in [-0.4, -0.2) is 12.0 Å². The van der Waals surface area contributed by atoms with Crippen LogP contribution in [0.15, 0.2) is 24.8 Å². The van der Waals surface area contributed by atoms with E-state index in [1.54, 1.807) is 6.08 Å². The number of nitrogens with one attached hydrogen (secondary N) is 1. The average Bonchev–Trinajstić information content (AvgIpc) is 2.17. The molecular weight excluding hydrogens is 148 g/mol. The number of rotatable bonds is 3. The molecule has 1 rings (SSSR count). The number of hydrogen-bond acceptors (Lipinski definition) is 2. The zero-order valence-corrected chi connectivity index (χ0v) is 7.54. The van der Waals surface area contributed by atoms with Crippen LogP contribution in [0.25, 0.3) is 6.08 Å². The molecule has 0 saturated carbocycles. The van der Waals surface area contributed by atoms with Gasteiger partial charge >= 0.3 is 0 Å². The molecular formula is C10H14N2. The van der Waals surface area contributed by atoms with Crippen molar-refractivity contribution in [1.82, 2.24) is 10.3 Å². The first-order valence-electron chi connectivity index (χ1n) is 4.04. The Morgan fingerprint density at radius 2 is 2.33 bits per heavy atom. The highest BCUT2D eigenvalue weighted by molar-refractivity contribution is 5.41. The quantitative estimate of drug-likeness (QED) is 0.735. The Bertz CT molecular complexity index is 268. The van der Waals surface area contributed by atoms with Gasteiger partial charge in [0, 0.05) is 6.04 Å². The molecule has 0 bridgehead atoms. The molecule has 0 saturated heterocycles. The van der Waals surface area contributed by atoms with E-state index >= 15 is 0 Å². The standard InChI is InChI=1S/C10H14N2/c1-4-9-6-5-7-10(12-9)8(2)11-3/h4-8,11H,1H2,2-3H3. The zero-order chi connectivity index (χ0) is 8.97. The molecule has 0 fully saturated rings. The molecule has 0 aliphatic carbocycles. The second-order valence-corrected chi connectivity index (χ2v) is 2.70. The molecule has 1 aromatic heterocycles. The molecule has 1 unspecified atom stereocenters. The van der Waals surface area contributed by atoms with Gasteiger partial charge in [-0.3, -0.25) is 4.98 Å². The largest absolute Gasteiger partial charge is 0.312 e. The Morgan fingerprint density at radius 3 is 2.92 bits per heavy atom. The molecule has 1 heterocycles. The second-order valence-electron chi connectivity index (χ2n) is 2.70. The van der Waals surface area contributed by atoms with Crippen LogP contribution in [0.2, 0.25) is 0 Å². The smallest absolute Gasteiger partial charge is 0.0627 e. The number of pyridine rings is 1. The van der Waals surface area contributed by atoms with Crippen molar-refractivity contribution in [2.45, 2.75) is 13.0 Å². The van der Waals surface area contributed by atoms with Crippen molar-refractivity contribution in [2.24, 2.45) is 0 Å². The minimum atomic E-state index is 0.296. The lowest BCUT2D eigenvalue weighted by molar-refractivity contribution is 0.632. The summed E-state index contributed by atoms with van der Waals surface area (Å²) < 4.78 is 0. The Balaban J connectivity index is 2.93.